The summed E-state index contributed by atoms with van der Waals surface area (Å²) >= 11 is 0. The summed E-state index contributed by atoms with van der Waals surface area (Å²) in [7, 11) is 0. The summed E-state index contributed by atoms with van der Waals surface area (Å²) in [4.78, 5) is 4.40. The molecular formula is C14H22FN3O. The zero-order valence-electron chi connectivity index (χ0n) is 11.6. The number of nitrogens with zero attached hydrogens (tertiary/aromatic N) is 1. The van der Waals surface area contributed by atoms with E-state index in [-0.39, 0.29) is 5.82 Å². The van der Waals surface area contributed by atoms with E-state index in [1.54, 1.807) is 12.1 Å². The van der Waals surface area contributed by atoms with Crippen LogP contribution in [0.25, 0.3) is 0 Å². The van der Waals surface area contributed by atoms with Crippen molar-refractivity contribution in [1.82, 2.24) is 10.6 Å². The first-order valence-corrected chi connectivity index (χ1v) is 6.66. The number of hydrogen-bond donors (Lipinski definition) is 2. The van der Waals surface area contributed by atoms with Crippen molar-refractivity contribution in [2.45, 2.75) is 20.3 Å². The van der Waals surface area contributed by atoms with E-state index in [0.717, 1.165) is 25.5 Å². The lowest BCUT2D eigenvalue weighted by Gasteiger charge is -2.09. The van der Waals surface area contributed by atoms with Crippen LogP contribution in [-0.2, 0) is 0 Å². The summed E-state index contributed by atoms with van der Waals surface area (Å²) in [6.07, 6.45) is 0.817. The first kappa shape index (κ1) is 15.3. The molecule has 1 aromatic rings. The number of ether oxygens (including phenoxy) is 1. The highest BCUT2D eigenvalue weighted by Gasteiger charge is 1.96. The van der Waals surface area contributed by atoms with E-state index in [0.29, 0.717) is 18.9 Å². The van der Waals surface area contributed by atoms with E-state index in [1.165, 1.54) is 12.1 Å². The minimum absolute atomic E-state index is 0.252. The van der Waals surface area contributed by atoms with Crippen molar-refractivity contribution in [2.24, 2.45) is 4.99 Å². The van der Waals surface area contributed by atoms with Gasteiger partial charge in [0.2, 0.25) is 0 Å². The van der Waals surface area contributed by atoms with Crippen molar-refractivity contribution in [3.63, 3.8) is 0 Å². The molecule has 1 aromatic carbocycles. The Kier molecular flexibility index (Phi) is 7.39. The Morgan fingerprint density at radius 1 is 1.16 bits per heavy atom. The molecule has 0 atom stereocenters. The van der Waals surface area contributed by atoms with Gasteiger partial charge in [0.1, 0.15) is 11.6 Å². The van der Waals surface area contributed by atoms with E-state index in [1.807, 2.05) is 13.8 Å². The van der Waals surface area contributed by atoms with Gasteiger partial charge in [-0.3, -0.25) is 4.99 Å². The van der Waals surface area contributed by atoms with Gasteiger partial charge in [0.25, 0.3) is 0 Å². The molecular weight excluding hydrogens is 245 g/mol. The lowest BCUT2D eigenvalue weighted by Crippen LogP contribution is -2.37. The molecule has 0 aliphatic rings. The largest absolute Gasteiger partial charge is 0.494 e. The molecule has 0 saturated carbocycles. The molecule has 0 saturated heterocycles. The van der Waals surface area contributed by atoms with Crippen molar-refractivity contribution >= 4 is 5.96 Å². The Labute approximate surface area is 114 Å². The first-order valence-electron chi connectivity index (χ1n) is 6.66. The molecule has 0 aliphatic carbocycles. The molecule has 0 fully saturated rings. The Balaban J connectivity index is 2.22. The molecule has 0 spiro atoms. The monoisotopic (exact) mass is 267 g/mol. The summed E-state index contributed by atoms with van der Waals surface area (Å²) in [5.74, 6) is 1.26. The van der Waals surface area contributed by atoms with E-state index in [4.69, 9.17) is 4.74 Å². The molecule has 0 bridgehead atoms. The lowest BCUT2D eigenvalue weighted by atomic mass is 10.3. The van der Waals surface area contributed by atoms with Crippen LogP contribution in [0, 0.1) is 5.82 Å². The van der Waals surface area contributed by atoms with Crippen LogP contribution < -0.4 is 15.4 Å². The molecule has 0 aromatic heterocycles. The fraction of sp³-hybridized carbons (Fsp3) is 0.500. The predicted octanol–water partition coefficient (Wildman–Crippen LogP) is 2.17. The maximum absolute atomic E-state index is 12.7. The second-order valence-electron chi connectivity index (χ2n) is 3.95. The Morgan fingerprint density at radius 2 is 1.79 bits per heavy atom. The van der Waals surface area contributed by atoms with Crippen LogP contribution in [0.15, 0.2) is 29.3 Å². The highest BCUT2D eigenvalue weighted by Crippen LogP contribution is 2.10. The highest BCUT2D eigenvalue weighted by atomic mass is 19.1. The van der Waals surface area contributed by atoms with Crippen molar-refractivity contribution < 1.29 is 9.13 Å². The predicted molar refractivity (Wildman–Crippen MR) is 76.2 cm³/mol. The van der Waals surface area contributed by atoms with Crippen molar-refractivity contribution in [3.05, 3.63) is 30.1 Å². The Hall–Kier alpha value is -1.78. The maximum Gasteiger partial charge on any atom is 0.191 e. The quantitative estimate of drug-likeness (QED) is 0.452. The number of nitrogens with one attached hydrogen (secondary N) is 2. The normalized spacial score (nSPS) is 9.84. The van der Waals surface area contributed by atoms with E-state index in [9.17, 15) is 4.39 Å². The smallest absolute Gasteiger partial charge is 0.191 e. The standard InChI is InChI=1S/C14H22FN3O/c1-3-16-14(17-4-2)18-10-5-11-19-13-8-6-12(15)7-9-13/h6-9H,3-5,10-11H2,1-2H3,(H2,16,17,18). The summed E-state index contributed by atoms with van der Waals surface area (Å²) in [6, 6.07) is 6.03. The van der Waals surface area contributed by atoms with Gasteiger partial charge in [0.15, 0.2) is 5.96 Å². The van der Waals surface area contributed by atoms with Gasteiger partial charge in [-0.2, -0.15) is 0 Å². The van der Waals surface area contributed by atoms with Gasteiger partial charge in [-0.25, -0.2) is 4.39 Å². The van der Waals surface area contributed by atoms with Crippen molar-refractivity contribution in [2.75, 3.05) is 26.2 Å². The molecule has 4 nitrogen and oxygen atoms in total. The number of guanidine groups is 1. The minimum atomic E-state index is -0.252. The second kappa shape index (κ2) is 9.19. The molecule has 0 unspecified atom stereocenters. The van der Waals surface area contributed by atoms with E-state index < -0.39 is 0 Å². The van der Waals surface area contributed by atoms with Gasteiger partial charge < -0.3 is 15.4 Å². The summed E-state index contributed by atoms with van der Waals surface area (Å²) in [5, 5.41) is 6.31. The Bertz CT molecular complexity index is 371. The van der Waals surface area contributed by atoms with Crippen LogP contribution in [0.1, 0.15) is 20.3 Å². The number of halogens is 1. The first-order chi connectivity index (χ1) is 9.26. The number of aliphatic imine (C=N–C) groups is 1. The molecule has 0 heterocycles. The van der Waals surface area contributed by atoms with Gasteiger partial charge in [-0.1, -0.05) is 0 Å². The third kappa shape index (κ3) is 6.64. The average Bonchev–Trinajstić information content (AvgIpc) is 2.41. The van der Waals surface area contributed by atoms with Gasteiger partial charge >= 0.3 is 0 Å². The molecule has 0 amide bonds. The number of rotatable bonds is 7. The minimum Gasteiger partial charge on any atom is -0.494 e. The number of hydrogen-bond acceptors (Lipinski definition) is 2. The highest BCUT2D eigenvalue weighted by molar-refractivity contribution is 5.79. The van der Waals surface area contributed by atoms with Crippen LogP contribution in [0.3, 0.4) is 0 Å². The zero-order chi connectivity index (χ0) is 13.9. The molecule has 5 heteroatoms. The molecule has 19 heavy (non-hydrogen) atoms. The average molecular weight is 267 g/mol. The van der Waals surface area contributed by atoms with Gasteiger partial charge in [0, 0.05) is 26.1 Å². The zero-order valence-corrected chi connectivity index (χ0v) is 11.6. The van der Waals surface area contributed by atoms with Crippen LogP contribution in [-0.4, -0.2) is 32.2 Å². The maximum atomic E-state index is 12.7. The summed E-state index contributed by atoms with van der Waals surface area (Å²) in [5.41, 5.74) is 0. The topological polar surface area (TPSA) is 45.7 Å². The fourth-order valence-electron chi connectivity index (χ4n) is 1.49. The van der Waals surface area contributed by atoms with Crippen molar-refractivity contribution in [3.8, 4) is 5.75 Å². The second-order valence-corrected chi connectivity index (χ2v) is 3.95. The summed E-state index contributed by atoms with van der Waals surface area (Å²) in [6.45, 7) is 7.02. The third-order valence-corrected chi connectivity index (χ3v) is 2.34. The van der Waals surface area contributed by atoms with E-state index >= 15 is 0 Å². The number of benzene rings is 1. The van der Waals surface area contributed by atoms with Crippen LogP contribution >= 0.6 is 0 Å². The molecule has 0 radical (unpaired) electrons. The van der Waals surface area contributed by atoms with Crippen LogP contribution in [0.5, 0.6) is 5.75 Å². The summed E-state index contributed by atoms with van der Waals surface area (Å²) < 4.78 is 18.2. The van der Waals surface area contributed by atoms with Crippen molar-refractivity contribution in [1.29, 1.82) is 0 Å². The van der Waals surface area contributed by atoms with Crippen LogP contribution in [0.2, 0.25) is 0 Å². The van der Waals surface area contributed by atoms with Gasteiger partial charge in [-0.15, -0.1) is 0 Å². The van der Waals surface area contributed by atoms with Crippen LogP contribution in [0.4, 0.5) is 4.39 Å². The third-order valence-electron chi connectivity index (χ3n) is 2.34. The Morgan fingerprint density at radius 3 is 2.37 bits per heavy atom. The molecule has 106 valence electrons. The fourth-order valence-corrected chi connectivity index (χ4v) is 1.49. The van der Waals surface area contributed by atoms with Gasteiger partial charge in [-0.05, 0) is 38.1 Å². The SMILES string of the molecule is CCNC(=NCCCOc1ccc(F)cc1)NCC. The molecule has 1 rings (SSSR count). The molecule has 0 aliphatic heterocycles. The lowest BCUT2D eigenvalue weighted by molar-refractivity contribution is 0.313. The van der Waals surface area contributed by atoms with E-state index in [2.05, 4.69) is 15.6 Å². The molecule has 2 N–H and O–H groups in total. The van der Waals surface area contributed by atoms with Gasteiger partial charge in [0.05, 0.1) is 6.61 Å².